The van der Waals surface area contributed by atoms with Gasteiger partial charge in [-0.1, -0.05) is 25.7 Å². The first kappa shape index (κ1) is 17.3. The van der Waals surface area contributed by atoms with Crippen LogP contribution in [0.1, 0.15) is 12.0 Å². The molecule has 0 amide bonds. The number of aliphatic hydroxyl groups is 1. The maximum absolute atomic E-state index is 9.80. The highest BCUT2D eigenvalue weighted by Crippen LogP contribution is 2.10. The summed E-state index contributed by atoms with van der Waals surface area (Å²) < 4.78 is 5.52. The van der Waals surface area contributed by atoms with E-state index in [-0.39, 0.29) is 0 Å². The Morgan fingerprint density at radius 2 is 2.00 bits per heavy atom. The molecule has 0 aliphatic rings. The van der Waals surface area contributed by atoms with Gasteiger partial charge < -0.3 is 15.2 Å². The molecule has 1 aromatic heterocycles. The Labute approximate surface area is 123 Å². The van der Waals surface area contributed by atoms with Crippen LogP contribution in [0.25, 0.3) is 0 Å². The lowest BCUT2D eigenvalue weighted by molar-refractivity contribution is 0.0371. The Morgan fingerprint density at radius 1 is 1.30 bits per heavy atom. The number of aromatic nitrogens is 1. The predicted molar refractivity (Wildman–Crippen MR) is 85.5 cm³/mol. The molecule has 1 unspecified atom stereocenters. The highest BCUT2D eigenvalue weighted by atomic mass is 28.3. The number of rotatable bonds is 10. The van der Waals surface area contributed by atoms with Crippen molar-refractivity contribution in [3.05, 3.63) is 30.1 Å². The van der Waals surface area contributed by atoms with Crippen LogP contribution < -0.4 is 5.32 Å². The molecule has 0 radical (unpaired) electrons. The smallest absolute Gasteiger partial charge is 0.0897 e. The quantitative estimate of drug-likeness (QED) is 0.514. The standard InChI is InChI=1S/C15H28N2O2Si/c1-20(2,3)10-4-9-19-13-15(18)12-17-11-14-5-7-16-8-6-14/h5-8,15,17-18H,4,9-13H2,1-3H3. The van der Waals surface area contributed by atoms with Crippen molar-refractivity contribution >= 4 is 8.07 Å². The summed E-state index contributed by atoms with van der Waals surface area (Å²) in [6, 6.07) is 5.21. The van der Waals surface area contributed by atoms with Crippen LogP contribution in [-0.2, 0) is 11.3 Å². The molecule has 0 aliphatic carbocycles. The molecule has 0 aliphatic heterocycles. The first-order chi connectivity index (χ1) is 9.47. The van der Waals surface area contributed by atoms with Crippen LogP contribution in [0, 0.1) is 0 Å². The van der Waals surface area contributed by atoms with Crippen LogP contribution in [0.2, 0.25) is 25.7 Å². The summed E-state index contributed by atoms with van der Waals surface area (Å²) in [6.45, 7) is 9.56. The van der Waals surface area contributed by atoms with Gasteiger partial charge in [0, 0.05) is 40.2 Å². The number of hydrogen-bond donors (Lipinski definition) is 2. The number of nitrogens with one attached hydrogen (secondary N) is 1. The van der Waals surface area contributed by atoms with Crippen molar-refractivity contribution in [2.75, 3.05) is 19.8 Å². The minimum Gasteiger partial charge on any atom is -0.389 e. The van der Waals surface area contributed by atoms with Crippen molar-refractivity contribution in [3.8, 4) is 0 Å². The normalized spacial score (nSPS) is 13.4. The Morgan fingerprint density at radius 3 is 2.65 bits per heavy atom. The molecule has 5 heteroatoms. The Bertz CT molecular complexity index is 355. The van der Waals surface area contributed by atoms with Gasteiger partial charge >= 0.3 is 0 Å². The maximum Gasteiger partial charge on any atom is 0.0897 e. The second kappa shape index (κ2) is 9.23. The summed E-state index contributed by atoms with van der Waals surface area (Å²) >= 11 is 0. The molecule has 1 aromatic rings. The van der Waals surface area contributed by atoms with E-state index < -0.39 is 14.2 Å². The van der Waals surface area contributed by atoms with Crippen molar-refractivity contribution in [1.82, 2.24) is 10.3 Å². The van der Waals surface area contributed by atoms with E-state index in [4.69, 9.17) is 4.74 Å². The zero-order valence-electron chi connectivity index (χ0n) is 12.9. The van der Waals surface area contributed by atoms with E-state index in [0.717, 1.165) is 19.6 Å². The van der Waals surface area contributed by atoms with Crippen molar-refractivity contribution < 1.29 is 9.84 Å². The molecule has 0 saturated carbocycles. The zero-order chi connectivity index (χ0) is 14.8. The third-order valence-electron chi connectivity index (χ3n) is 2.98. The van der Waals surface area contributed by atoms with E-state index in [9.17, 15) is 5.11 Å². The van der Waals surface area contributed by atoms with E-state index in [1.54, 1.807) is 12.4 Å². The fraction of sp³-hybridized carbons (Fsp3) is 0.667. The minimum absolute atomic E-state index is 0.412. The Kier molecular flexibility index (Phi) is 7.99. The van der Waals surface area contributed by atoms with Gasteiger partial charge in [0.05, 0.1) is 12.7 Å². The van der Waals surface area contributed by atoms with Gasteiger partial charge in [-0.15, -0.1) is 0 Å². The molecular formula is C15H28N2O2Si. The molecule has 20 heavy (non-hydrogen) atoms. The van der Waals surface area contributed by atoms with Gasteiger partial charge in [0.2, 0.25) is 0 Å². The first-order valence-electron chi connectivity index (χ1n) is 7.33. The van der Waals surface area contributed by atoms with Gasteiger partial charge in [-0.3, -0.25) is 4.98 Å². The van der Waals surface area contributed by atoms with Gasteiger partial charge in [0.15, 0.2) is 0 Å². The van der Waals surface area contributed by atoms with Crippen molar-refractivity contribution in [1.29, 1.82) is 0 Å². The third-order valence-corrected chi connectivity index (χ3v) is 4.84. The molecule has 2 N–H and O–H groups in total. The molecule has 0 bridgehead atoms. The second-order valence-electron chi connectivity index (χ2n) is 6.38. The first-order valence-corrected chi connectivity index (χ1v) is 11.0. The van der Waals surface area contributed by atoms with Gasteiger partial charge in [-0.05, 0) is 24.1 Å². The molecule has 1 rings (SSSR count). The van der Waals surface area contributed by atoms with Crippen molar-refractivity contribution in [2.45, 2.75) is 44.8 Å². The fourth-order valence-electron chi connectivity index (χ4n) is 1.87. The average molecular weight is 296 g/mol. The lowest BCUT2D eigenvalue weighted by atomic mass is 10.2. The predicted octanol–water partition coefficient (Wildman–Crippen LogP) is 2.28. The SMILES string of the molecule is C[Si](C)(C)CCCOCC(O)CNCc1ccncc1. The average Bonchev–Trinajstić information content (AvgIpc) is 2.38. The monoisotopic (exact) mass is 296 g/mol. The molecule has 0 spiro atoms. The van der Waals surface area contributed by atoms with Crippen LogP contribution in [0.4, 0.5) is 0 Å². The number of nitrogens with zero attached hydrogens (tertiary/aromatic N) is 1. The summed E-state index contributed by atoms with van der Waals surface area (Å²) in [5.74, 6) is 0. The van der Waals surface area contributed by atoms with Crippen LogP contribution in [-0.4, -0.2) is 44.0 Å². The number of hydrogen-bond acceptors (Lipinski definition) is 4. The van der Waals surface area contributed by atoms with Crippen LogP contribution in [0.15, 0.2) is 24.5 Å². The van der Waals surface area contributed by atoms with E-state index >= 15 is 0 Å². The van der Waals surface area contributed by atoms with Gasteiger partial charge in [0.1, 0.15) is 0 Å². The minimum atomic E-state index is -0.953. The number of ether oxygens (including phenoxy) is 1. The van der Waals surface area contributed by atoms with Crippen LogP contribution in [0.5, 0.6) is 0 Å². The molecule has 4 nitrogen and oxygen atoms in total. The van der Waals surface area contributed by atoms with Crippen molar-refractivity contribution in [2.24, 2.45) is 0 Å². The van der Waals surface area contributed by atoms with Crippen LogP contribution >= 0.6 is 0 Å². The molecule has 1 heterocycles. The topological polar surface area (TPSA) is 54.4 Å². The van der Waals surface area contributed by atoms with Gasteiger partial charge in [-0.2, -0.15) is 0 Å². The molecular weight excluding hydrogens is 268 g/mol. The zero-order valence-corrected chi connectivity index (χ0v) is 13.9. The maximum atomic E-state index is 9.80. The molecule has 114 valence electrons. The Balaban J connectivity index is 1.99. The van der Waals surface area contributed by atoms with E-state index in [1.165, 1.54) is 11.6 Å². The summed E-state index contributed by atoms with van der Waals surface area (Å²) in [7, 11) is -0.953. The van der Waals surface area contributed by atoms with E-state index in [0.29, 0.717) is 13.2 Å². The fourth-order valence-corrected chi connectivity index (χ4v) is 3.07. The number of aliphatic hydroxyl groups excluding tert-OH is 1. The molecule has 0 saturated heterocycles. The highest BCUT2D eigenvalue weighted by molar-refractivity contribution is 6.76. The third kappa shape index (κ3) is 9.20. The van der Waals surface area contributed by atoms with Gasteiger partial charge in [-0.25, -0.2) is 0 Å². The summed E-state index contributed by atoms with van der Waals surface area (Å²) in [4.78, 5) is 3.97. The summed E-state index contributed by atoms with van der Waals surface area (Å²) in [6.07, 6.45) is 4.21. The largest absolute Gasteiger partial charge is 0.389 e. The summed E-state index contributed by atoms with van der Waals surface area (Å²) in [5.41, 5.74) is 1.17. The number of pyridine rings is 1. The lowest BCUT2D eigenvalue weighted by Crippen LogP contribution is -2.30. The molecule has 0 fully saturated rings. The molecule has 1 atom stereocenters. The summed E-state index contributed by atoms with van der Waals surface area (Å²) in [5, 5.41) is 13.0. The van der Waals surface area contributed by atoms with E-state index in [2.05, 4.69) is 29.9 Å². The van der Waals surface area contributed by atoms with Crippen molar-refractivity contribution in [3.63, 3.8) is 0 Å². The van der Waals surface area contributed by atoms with Gasteiger partial charge in [0.25, 0.3) is 0 Å². The second-order valence-corrected chi connectivity index (χ2v) is 12.0. The Hall–Kier alpha value is -0.753. The van der Waals surface area contributed by atoms with E-state index in [1.807, 2.05) is 12.1 Å². The highest BCUT2D eigenvalue weighted by Gasteiger charge is 2.12. The molecule has 0 aromatic carbocycles. The lowest BCUT2D eigenvalue weighted by Gasteiger charge is -2.16. The van der Waals surface area contributed by atoms with Crippen LogP contribution in [0.3, 0.4) is 0 Å².